The molecule has 0 atom stereocenters. The van der Waals surface area contributed by atoms with Crippen LogP contribution in [0.25, 0.3) is 10.2 Å². The van der Waals surface area contributed by atoms with Crippen LogP contribution in [-0.4, -0.2) is 18.1 Å². The van der Waals surface area contributed by atoms with Crippen LogP contribution in [0, 0.1) is 11.3 Å². The number of nitriles is 1. The minimum absolute atomic E-state index is 0.617. The van der Waals surface area contributed by atoms with Gasteiger partial charge < -0.3 is 10.6 Å². The topological polar surface area (TPSA) is 65.9 Å². The summed E-state index contributed by atoms with van der Waals surface area (Å²) in [6.07, 6.45) is 8.45. The summed E-state index contributed by atoms with van der Waals surface area (Å²) in [5.74, 6) is 1.17. The van der Waals surface area contributed by atoms with Gasteiger partial charge in [-0.15, -0.1) is 11.3 Å². The van der Waals surface area contributed by atoms with Gasteiger partial charge in [-0.05, 0) is 56.1 Å². The van der Waals surface area contributed by atoms with E-state index in [9.17, 15) is 5.26 Å². The average Bonchev–Trinajstić information content (AvgIpc) is 2.91. The molecule has 1 fully saturated rings. The number of aromatic nitrogens is 1. The summed E-state index contributed by atoms with van der Waals surface area (Å²) >= 11 is 1.45. The van der Waals surface area contributed by atoms with Gasteiger partial charge in [0.2, 0.25) is 0 Å². The summed E-state index contributed by atoms with van der Waals surface area (Å²) < 4.78 is 0. The van der Waals surface area contributed by atoms with Crippen molar-refractivity contribution in [2.24, 2.45) is 0 Å². The number of fused-ring (bicyclic) bond motifs is 3. The number of hydrogen-bond acceptors (Lipinski definition) is 5. The molecule has 114 valence electrons. The van der Waals surface area contributed by atoms with E-state index in [2.05, 4.69) is 11.0 Å². The van der Waals surface area contributed by atoms with Crippen LogP contribution in [0.15, 0.2) is 0 Å². The lowest BCUT2D eigenvalue weighted by atomic mass is 9.89. The number of hydrogen-bond donors (Lipinski definition) is 1. The van der Waals surface area contributed by atoms with Crippen molar-refractivity contribution < 1.29 is 0 Å². The van der Waals surface area contributed by atoms with E-state index in [0.717, 1.165) is 36.1 Å². The van der Waals surface area contributed by atoms with E-state index in [-0.39, 0.29) is 0 Å². The molecule has 22 heavy (non-hydrogen) atoms. The van der Waals surface area contributed by atoms with Crippen LogP contribution in [-0.2, 0) is 12.8 Å². The highest BCUT2D eigenvalue weighted by Crippen LogP contribution is 2.42. The van der Waals surface area contributed by atoms with E-state index < -0.39 is 0 Å². The third-order valence-electron chi connectivity index (χ3n) is 4.93. The second kappa shape index (κ2) is 5.44. The summed E-state index contributed by atoms with van der Waals surface area (Å²) in [7, 11) is 0. The van der Waals surface area contributed by atoms with E-state index in [4.69, 9.17) is 10.7 Å². The van der Waals surface area contributed by atoms with Crippen molar-refractivity contribution in [2.75, 3.05) is 23.7 Å². The Labute approximate surface area is 134 Å². The van der Waals surface area contributed by atoms with Crippen LogP contribution in [0.5, 0.6) is 0 Å². The van der Waals surface area contributed by atoms with Gasteiger partial charge >= 0.3 is 0 Å². The van der Waals surface area contributed by atoms with Gasteiger partial charge in [-0.3, -0.25) is 0 Å². The van der Waals surface area contributed by atoms with Gasteiger partial charge in [0, 0.05) is 18.5 Å². The van der Waals surface area contributed by atoms with Crippen LogP contribution in [0.4, 0.5) is 11.5 Å². The predicted molar refractivity (Wildman–Crippen MR) is 91.5 cm³/mol. The van der Waals surface area contributed by atoms with Crippen molar-refractivity contribution in [3.63, 3.8) is 0 Å². The third kappa shape index (κ3) is 2.05. The molecule has 5 heteroatoms. The number of pyridine rings is 1. The summed E-state index contributed by atoms with van der Waals surface area (Å²) in [5, 5.41) is 10.4. The Hall–Kier alpha value is -1.80. The number of nitrogens with zero attached hydrogens (tertiary/aromatic N) is 3. The second-order valence-corrected chi connectivity index (χ2v) is 7.28. The standard InChI is InChI=1S/C17H20N4S/c18-10-13-15(19)14-11-6-2-3-7-12(11)16(20-17(14)22-13)21-8-4-1-5-9-21/h1-9,19H2. The molecular weight excluding hydrogens is 292 g/mol. The zero-order valence-corrected chi connectivity index (χ0v) is 13.5. The molecule has 0 radical (unpaired) electrons. The Bertz CT molecular complexity index is 765. The predicted octanol–water partition coefficient (Wildman–Crippen LogP) is 3.62. The lowest BCUT2D eigenvalue weighted by Crippen LogP contribution is -2.31. The molecule has 0 amide bonds. The molecule has 0 aromatic carbocycles. The molecule has 1 saturated heterocycles. The first kappa shape index (κ1) is 13.8. The van der Waals surface area contributed by atoms with Gasteiger partial charge in [-0.1, -0.05) is 0 Å². The maximum absolute atomic E-state index is 9.28. The maximum Gasteiger partial charge on any atom is 0.133 e. The number of piperidine rings is 1. The fourth-order valence-electron chi connectivity index (χ4n) is 3.84. The smallest absolute Gasteiger partial charge is 0.133 e. The molecule has 2 N–H and O–H groups in total. The van der Waals surface area contributed by atoms with Crippen LogP contribution in [0.3, 0.4) is 0 Å². The number of thiophene rings is 1. The Morgan fingerprint density at radius 1 is 1.05 bits per heavy atom. The monoisotopic (exact) mass is 312 g/mol. The highest BCUT2D eigenvalue weighted by molar-refractivity contribution is 7.19. The van der Waals surface area contributed by atoms with E-state index in [1.165, 1.54) is 60.4 Å². The maximum atomic E-state index is 9.28. The van der Waals surface area contributed by atoms with Gasteiger partial charge in [0.1, 0.15) is 21.6 Å². The molecule has 0 unspecified atom stereocenters. The van der Waals surface area contributed by atoms with Crippen molar-refractivity contribution in [1.29, 1.82) is 5.26 Å². The van der Waals surface area contributed by atoms with Crippen LogP contribution >= 0.6 is 11.3 Å². The number of anilines is 2. The fourth-order valence-corrected chi connectivity index (χ4v) is 4.76. The summed E-state index contributed by atoms with van der Waals surface area (Å²) in [6, 6.07) is 2.23. The van der Waals surface area contributed by atoms with Crippen molar-refractivity contribution in [2.45, 2.75) is 44.9 Å². The second-order valence-electron chi connectivity index (χ2n) is 6.28. The molecule has 4 rings (SSSR count). The molecular formula is C17H20N4S. The SMILES string of the molecule is N#Cc1sc2nc(N3CCCCC3)c3c(c2c1N)CCCC3. The molecule has 3 heterocycles. The van der Waals surface area contributed by atoms with Gasteiger partial charge in [0.15, 0.2) is 0 Å². The molecule has 1 aliphatic heterocycles. The summed E-state index contributed by atoms with van der Waals surface area (Å²) in [6.45, 7) is 2.22. The largest absolute Gasteiger partial charge is 0.396 e. The molecule has 2 aliphatic rings. The highest BCUT2D eigenvalue weighted by atomic mass is 32.1. The van der Waals surface area contributed by atoms with Crippen molar-refractivity contribution in [3.05, 3.63) is 16.0 Å². The zero-order valence-electron chi connectivity index (χ0n) is 12.7. The highest BCUT2D eigenvalue weighted by Gasteiger charge is 2.25. The van der Waals surface area contributed by atoms with Gasteiger partial charge in [-0.2, -0.15) is 5.26 Å². The molecule has 0 spiro atoms. The van der Waals surface area contributed by atoms with Crippen LogP contribution < -0.4 is 10.6 Å². The molecule has 4 nitrogen and oxygen atoms in total. The number of rotatable bonds is 1. The van der Waals surface area contributed by atoms with Crippen molar-refractivity contribution in [1.82, 2.24) is 4.98 Å². The van der Waals surface area contributed by atoms with E-state index in [1.54, 1.807) is 0 Å². The normalized spacial score (nSPS) is 18.2. The minimum atomic E-state index is 0.617. The summed E-state index contributed by atoms with van der Waals surface area (Å²) in [5.41, 5.74) is 9.65. The molecule has 2 aromatic rings. The lowest BCUT2D eigenvalue weighted by molar-refractivity contribution is 0.569. The molecule has 0 bridgehead atoms. The number of nitrogens with two attached hydrogens (primary N) is 1. The quantitative estimate of drug-likeness (QED) is 0.873. The first-order chi connectivity index (χ1) is 10.8. The minimum Gasteiger partial charge on any atom is -0.396 e. The van der Waals surface area contributed by atoms with E-state index in [1.807, 2.05) is 0 Å². The van der Waals surface area contributed by atoms with Gasteiger partial charge in [0.05, 0.1) is 5.69 Å². The third-order valence-corrected chi connectivity index (χ3v) is 5.93. The Morgan fingerprint density at radius 3 is 2.50 bits per heavy atom. The number of aryl methyl sites for hydroxylation is 1. The van der Waals surface area contributed by atoms with E-state index in [0.29, 0.717) is 10.6 Å². The van der Waals surface area contributed by atoms with E-state index >= 15 is 0 Å². The lowest BCUT2D eigenvalue weighted by Gasteiger charge is -2.31. The fraction of sp³-hybridized carbons (Fsp3) is 0.529. The Balaban J connectivity index is 1.95. The van der Waals surface area contributed by atoms with Crippen molar-refractivity contribution in [3.8, 4) is 6.07 Å². The Kier molecular flexibility index (Phi) is 3.42. The van der Waals surface area contributed by atoms with Crippen molar-refractivity contribution >= 4 is 33.1 Å². The van der Waals surface area contributed by atoms with Crippen LogP contribution in [0.2, 0.25) is 0 Å². The summed E-state index contributed by atoms with van der Waals surface area (Å²) in [4.78, 5) is 8.98. The number of nitrogen functional groups attached to an aromatic ring is 1. The Morgan fingerprint density at radius 2 is 1.77 bits per heavy atom. The molecule has 0 saturated carbocycles. The van der Waals surface area contributed by atoms with Gasteiger partial charge in [0.25, 0.3) is 0 Å². The first-order valence-corrected chi connectivity index (χ1v) is 9.00. The van der Waals surface area contributed by atoms with Crippen LogP contribution in [0.1, 0.15) is 48.1 Å². The average molecular weight is 312 g/mol. The molecule has 2 aromatic heterocycles. The molecule has 1 aliphatic carbocycles. The zero-order chi connectivity index (χ0) is 15.1. The van der Waals surface area contributed by atoms with Gasteiger partial charge in [-0.25, -0.2) is 4.98 Å². The first-order valence-electron chi connectivity index (χ1n) is 8.18.